The molecule has 17 heavy (non-hydrogen) atoms. The van der Waals surface area contributed by atoms with Crippen LogP contribution in [0, 0.1) is 0 Å². The smallest absolute Gasteiger partial charge is 0.284 e. The number of hydrogen-bond acceptors (Lipinski definition) is 6. The molecule has 0 fully saturated rings. The van der Waals surface area contributed by atoms with Crippen molar-refractivity contribution in [3.63, 3.8) is 0 Å². The number of phenols is 1. The Labute approximate surface area is 96.4 Å². The summed E-state index contributed by atoms with van der Waals surface area (Å²) in [7, 11) is 1.53. The Bertz CT molecular complexity index is 552. The van der Waals surface area contributed by atoms with Gasteiger partial charge in [-0.15, -0.1) is 0 Å². The third-order valence-corrected chi connectivity index (χ3v) is 2.24. The molecule has 0 saturated carbocycles. The van der Waals surface area contributed by atoms with E-state index in [1.165, 1.54) is 24.1 Å². The fourth-order valence-electron chi connectivity index (χ4n) is 1.32. The molecule has 2 aromatic rings. The lowest BCUT2D eigenvalue weighted by Gasteiger charge is -2.15. The molecule has 1 heterocycles. The number of anilines is 2. The summed E-state index contributed by atoms with van der Waals surface area (Å²) in [5.41, 5.74) is 5.88. The molecule has 0 radical (unpaired) electrons. The lowest BCUT2D eigenvalue weighted by molar-refractivity contribution is 0.0984. The number of aromatic nitrogens is 2. The maximum absolute atomic E-state index is 11.9. The number of amides is 1. The highest BCUT2D eigenvalue weighted by atomic mass is 16.6. The molecule has 0 aliphatic rings. The summed E-state index contributed by atoms with van der Waals surface area (Å²) in [6.07, 6.45) is 0. The average Bonchev–Trinajstić information content (AvgIpc) is 2.73. The van der Waals surface area contributed by atoms with E-state index < -0.39 is 5.91 Å². The second-order valence-corrected chi connectivity index (χ2v) is 3.38. The zero-order valence-corrected chi connectivity index (χ0v) is 8.99. The molecule has 0 aliphatic heterocycles. The Kier molecular flexibility index (Phi) is 2.65. The fraction of sp³-hybridized carbons (Fsp3) is 0.100. The monoisotopic (exact) mass is 234 g/mol. The molecule has 0 bridgehead atoms. The first-order valence-electron chi connectivity index (χ1n) is 4.74. The molecule has 88 valence electrons. The zero-order valence-electron chi connectivity index (χ0n) is 8.99. The van der Waals surface area contributed by atoms with E-state index in [0.717, 1.165) is 0 Å². The minimum Gasteiger partial charge on any atom is -0.508 e. The van der Waals surface area contributed by atoms with E-state index in [1.54, 1.807) is 12.1 Å². The van der Waals surface area contributed by atoms with E-state index in [9.17, 15) is 9.90 Å². The van der Waals surface area contributed by atoms with E-state index in [2.05, 4.69) is 14.9 Å². The summed E-state index contributed by atoms with van der Waals surface area (Å²) in [4.78, 5) is 13.2. The maximum Gasteiger partial charge on any atom is 0.284 e. The second kappa shape index (κ2) is 4.12. The van der Waals surface area contributed by atoms with Crippen LogP contribution in [-0.2, 0) is 0 Å². The molecular weight excluding hydrogens is 224 g/mol. The molecule has 0 spiro atoms. The first-order valence-corrected chi connectivity index (χ1v) is 4.74. The quantitative estimate of drug-likeness (QED) is 0.789. The molecule has 7 nitrogen and oxygen atoms in total. The number of carbonyl (C=O) groups excluding carboxylic acids is 1. The van der Waals surface area contributed by atoms with Gasteiger partial charge in [0.15, 0.2) is 0 Å². The number of aromatic hydroxyl groups is 1. The van der Waals surface area contributed by atoms with Crippen molar-refractivity contribution in [3.8, 4) is 5.75 Å². The number of rotatable bonds is 2. The number of nitrogens with two attached hydrogens (primary N) is 1. The van der Waals surface area contributed by atoms with E-state index in [4.69, 9.17) is 5.73 Å². The van der Waals surface area contributed by atoms with Gasteiger partial charge in [-0.25, -0.2) is 4.63 Å². The summed E-state index contributed by atoms with van der Waals surface area (Å²) >= 11 is 0. The van der Waals surface area contributed by atoms with Gasteiger partial charge < -0.3 is 15.7 Å². The van der Waals surface area contributed by atoms with E-state index in [0.29, 0.717) is 5.69 Å². The predicted molar refractivity (Wildman–Crippen MR) is 59.6 cm³/mol. The first kappa shape index (κ1) is 10.9. The van der Waals surface area contributed by atoms with Crippen molar-refractivity contribution < 1.29 is 14.5 Å². The van der Waals surface area contributed by atoms with Gasteiger partial charge in [-0.05, 0) is 22.4 Å². The largest absolute Gasteiger partial charge is 0.508 e. The summed E-state index contributed by atoms with van der Waals surface area (Å²) in [6, 6.07) is 6.25. The Morgan fingerprint density at radius 3 is 2.82 bits per heavy atom. The topological polar surface area (TPSA) is 105 Å². The van der Waals surface area contributed by atoms with Gasteiger partial charge in [0.25, 0.3) is 5.91 Å². The molecule has 0 aliphatic carbocycles. The van der Waals surface area contributed by atoms with Crippen LogP contribution in [-0.4, -0.2) is 28.4 Å². The Morgan fingerprint density at radius 1 is 1.47 bits per heavy atom. The minimum atomic E-state index is -0.464. The Hall–Kier alpha value is -2.57. The highest BCUT2D eigenvalue weighted by Crippen LogP contribution is 2.21. The van der Waals surface area contributed by atoms with Crippen molar-refractivity contribution >= 4 is 17.4 Å². The fourth-order valence-corrected chi connectivity index (χ4v) is 1.32. The summed E-state index contributed by atoms with van der Waals surface area (Å²) < 4.78 is 4.35. The van der Waals surface area contributed by atoms with Crippen molar-refractivity contribution in [2.75, 3.05) is 17.7 Å². The molecule has 1 aromatic heterocycles. The molecule has 0 saturated heterocycles. The molecule has 7 heteroatoms. The van der Waals surface area contributed by atoms with Crippen molar-refractivity contribution in [3.05, 3.63) is 30.0 Å². The van der Waals surface area contributed by atoms with Crippen molar-refractivity contribution in [2.45, 2.75) is 0 Å². The van der Waals surface area contributed by atoms with Gasteiger partial charge in [0.1, 0.15) is 5.75 Å². The first-order chi connectivity index (χ1) is 8.09. The van der Waals surface area contributed by atoms with E-state index >= 15 is 0 Å². The van der Waals surface area contributed by atoms with Crippen molar-refractivity contribution in [1.82, 2.24) is 10.3 Å². The van der Waals surface area contributed by atoms with E-state index in [1.807, 2.05) is 0 Å². The summed E-state index contributed by atoms with van der Waals surface area (Å²) in [5, 5.41) is 16.1. The normalized spacial score (nSPS) is 10.2. The highest BCUT2D eigenvalue weighted by Gasteiger charge is 2.21. The Balaban J connectivity index is 2.30. The van der Waals surface area contributed by atoms with Crippen LogP contribution in [0.25, 0.3) is 0 Å². The maximum atomic E-state index is 11.9. The number of phenolic OH excluding ortho intramolecular Hbond substituents is 1. The highest BCUT2D eigenvalue weighted by molar-refractivity contribution is 6.06. The summed E-state index contributed by atoms with van der Waals surface area (Å²) in [5.74, 6) is -0.468. The molecule has 0 unspecified atom stereocenters. The lowest BCUT2D eigenvalue weighted by Crippen LogP contribution is -2.27. The molecule has 1 aromatic carbocycles. The average molecular weight is 234 g/mol. The van der Waals surface area contributed by atoms with E-state index in [-0.39, 0.29) is 17.3 Å². The molecule has 2 rings (SSSR count). The van der Waals surface area contributed by atoms with Crippen LogP contribution in [0.15, 0.2) is 28.9 Å². The van der Waals surface area contributed by atoms with Crippen LogP contribution in [0.1, 0.15) is 10.5 Å². The molecule has 0 atom stereocenters. The van der Waals surface area contributed by atoms with Gasteiger partial charge in [-0.1, -0.05) is 6.07 Å². The van der Waals surface area contributed by atoms with Crippen LogP contribution in [0.3, 0.4) is 0 Å². The van der Waals surface area contributed by atoms with Gasteiger partial charge >= 0.3 is 0 Å². The van der Waals surface area contributed by atoms with Crippen LogP contribution < -0.4 is 10.6 Å². The standard InChI is InChI=1S/C10H10N4O3/c1-14(6-3-2-4-7(15)5-6)10(16)8-9(11)13-17-12-8/h2-5,15H,1H3,(H2,11,13). The second-order valence-electron chi connectivity index (χ2n) is 3.38. The number of hydrogen-bond donors (Lipinski definition) is 2. The van der Waals surface area contributed by atoms with Crippen molar-refractivity contribution in [1.29, 1.82) is 0 Å². The number of carbonyl (C=O) groups is 1. The van der Waals surface area contributed by atoms with Gasteiger partial charge in [-0.3, -0.25) is 4.79 Å². The van der Waals surface area contributed by atoms with Crippen LogP contribution >= 0.6 is 0 Å². The van der Waals surface area contributed by atoms with Crippen LogP contribution in [0.5, 0.6) is 5.75 Å². The third kappa shape index (κ3) is 2.03. The third-order valence-electron chi connectivity index (χ3n) is 2.24. The number of nitrogens with zero attached hydrogens (tertiary/aromatic N) is 3. The summed E-state index contributed by atoms with van der Waals surface area (Å²) in [6.45, 7) is 0. The SMILES string of the molecule is CN(C(=O)c1nonc1N)c1cccc(O)c1. The van der Waals surface area contributed by atoms with Gasteiger partial charge in [0.05, 0.1) is 0 Å². The lowest BCUT2D eigenvalue weighted by atomic mass is 10.2. The molecular formula is C10H10N4O3. The number of benzene rings is 1. The predicted octanol–water partition coefficient (Wildman–Crippen LogP) is 0.634. The van der Waals surface area contributed by atoms with Crippen LogP contribution in [0.2, 0.25) is 0 Å². The van der Waals surface area contributed by atoms with Gasteiger partial charge in [0.2, 0.25) is 11.5 Å². The van der Waals surface area contributed by atoms with Gasteiger partial charge in [0, 0.05) is 18.8 Å². The van der Waals surface area contributed by atoms with Crippen LogP contribution in [0.4, 0.5) is 11.5 Å². The number of nitrogen functional groups attached to an aromatic ring is 1. The van der Waals surface area contributed by atoms with Gasteiger partial charge in [-0.2, -0.15) is 0 Å². The van der Waals surface area contributed by atoms with Crippen molar-refractivity contribution in [2.24, 2.45) is 0 Å². The molecule has 3 N–H and O–H groups in total. The Morgan fingerprint density at radius 2 is 2.24 bits per heavy atom. The zero-order chi connectivity index (χ0) is 12.4. The molecule has 1 amide bonds. The minimum absolute atomic E-state index is 0.0594.